The van der Waals surface area contributed by atoms with E-state index in [9.17, 15) is 9.90 Å². The number of likely N-dealkylation sites (N-methyl/N-ethyl adjacent to an activating group) is 1. The Bertz CT molecular complexity index is 329. The number of hydrogen-bond donors (Lipinski definition) is 1. The molecule has 2 aliphatic rings. The van der Waals surface area contributed by atoms with Crippen LogP contribution in [0, 0.1) is 5.92 Å². The van der Waals surface area contributed by atoms with Gasteiger partial charge in [0.25, 0.3) is 0 Å². The average molecular weight is 284 g/mol. The molecule has 5 heteroatoms. The van der Waals surface area contributed by atoms with Gasteiger partial charge in [-0.1, -0.05) is 6.92 Å². The van der Waals surface area contributed by atoms with E-state index >= 15 is 0 Å². The molecular formula is C15H28N2O3. The Balaban J connectivity index is 1.78. The lowest BCUT2D eigenvalue weighted by molar-refractivity contribution is -0.135. The Morgan fingerprint density at radius 1 is 1.45 bits per heavy atom. The molecule has 0 radical (unpaired) electrons. The van der Waals surface area contributed by atoms with Crippen LogP contribution >= 0.6 is 0 Å². The third-order valence-electron chi connectivity index (χ3n) is 4.40. The minimum absolute atomic E-state index is 0.190. The summed E-state index contributed by atoms with van der Waals surface area (Å²) < 4.78 is 5.28. The van der Waals surface area contributed by atoms with Gasteiger partial charge in [-0.15, -0.1) is 0 Å². The molecule has 0 spiro atoms. The van der Waals surface area contributed by atoms with Crippen LogP contribution in [0.5, 0.6) is 0 Å². The van der Waals surface area contributed by atoms with Gasteiger partial charge < -0.3 is 14.7 Å². The molecule has 2 heterocycles. The van der Waals surface area contributed by atoms with Gasteiger partial charge in [0.1, 0.15) is 0 Å². The maximum absolute atomic E-state index is 12.3. The van der Waals surface area contributed by atoms with Gasteiger partial charge in [0.2, 0.25) is 5.91 Å². The number of carbonyl (C=O) groups is 1. The van der Waals surface area contributed by atoms with E-state index in [-0.39, 0.29) is 5.91 Å². The molecule has 1 amide bonds. The Morgan fingerprint density at radius 3 is 2.80 bits per heavy atom. The molecule has 5 nitrogen and oxygen atoms in total. The molecule has 2 saturated heterocycles. The fraction of sp³-hybridized carbons (Fsp3) is 0.933. The number of amides is 1. The van der Waals surface area contributed by atoms with E-state index in [1.807, 2.05) is 16.8 Å². The van der Waals surface area contributed by atoms with Crippen LogP contribution < -0.4 is 0 Å². The molecule has 1 N–H and O–H groups in total. The van der Waals surface area contributed by atoms with Crippen molar-refractivity contribution in [3.8, 4) is 0 Å². The first kappa shape index (κ1) is 15.7. The van der Waals surface area contributed by atoms with Gasteiger partial charge >= 0.3 is 0 Å². The monoisotopic (exact) mass is 284 g/mol. The van der Waals surface area contributed by atoms with Crippen LogP contribution in [0.3, 0.4) is 0 Å². The van der Waals surface area contributed by atoms with Crippen molar-refractivity contribution in [1.29, 1.82) is 0 Å². The first-order valence-corrected chi connectivity index (χ1v) is 7.75. The summed E-state index contributed by atoms with van der Waals surface area (Å²) in [6, 6.07) is 0. The highest BCUT2D eigenvalue weighted by molar-refractivity contribution is 5.78. The first-order chi connectivity index (χ1) is 9.48. The zero-order chi connectivity index (χ0) is 14.6. The largest absolute Gasteiger partial charge is 0.388 e. The normalized spacial score (nSPS) is 26.8. The van der Waals surface area contributed by atoms with E-state index in [0.29, 0.717) is 45.1 Å². The SMILES string of the molecule is CC1CCCN(C(=O)CN(C)CC2(O)CCOCC2)C1. The van der Waals surface area contributed by atoms with Gasteiger partial charge in [-0.2, -0.15) is 0 Å². The highest BCUT2D eigenvalue weighted by atomic mass is 16.5. The third kappa shape index (κ3) is 4.43. The summed E-state index contributed by atoms with van der Waals surface area (Å²) in [4.78, 5) is 16.2. The lowest BCUT2D eigenvalue weighted by Crippen LogP contribution is -2.49. The summed E-state index contributed by atoms with van der Waals surface area (Å²) in [6.07, 6.45) is 3.65. The number of piperidine rings is 1. The van der Waals surface area contributed by atoms with E-state index in [0.717, 1.165) is 19.5 Å². The van der Waals surface area contributed by atoms with Gasteiger partial charge in [-0.25, -0.2) is 0 Å². The van der Waals surface area contributed by atoms with Gasteiger partial charge in [0, 0.05) is 45.7 Å². The second-order valence-electron chi connectivity index (χ2n) is 6.60. The number of hydrogen-bond acceptors (Lipinski definition) is 4. The summed E-state index contributed by atoms with van der Waals surface area (Å²) in [5, 5.41) is 10.5. The van der Waals surface area contributed by atoms with Crippen LogP contribution in [0.15, 0.2) is 0 Å². The van der Waals surface area contributed by atoms with E-state index in [4.69, 9.17) is 4.74 Å². The van der Waals surface area contributed by atoms with Crippen LogP contribution in [0.1, 0.15) is 32.6 Å². The predicted molar refractivity (Wildman–Crippen MR) is 77.5 cm³/mol. The van der Waals surface area contributed by atoms with Crippen LogP contribution in [0.2, 0.25) is 0 Å². The fourth-order valence-electron chi connectivity index (χ4n) is 3.21. The number of nitrogens with zero attached hydrogens (tertiary/aromatic N) is 2. The van der Waals surface area contributed by atoms with Crippen LogP contribution in [-0.4, -0.2) is 72.9 Å². The minimum atomic E-state index is -0.692. The molecule has 116 valence electrons. The summed E-state index contributed by atoms with van der Waals surface area (Å²) in [7, 11) is 1.92. The summed E-state index contributed by atoms with van der Waals surface area (Å²) in [6.45, 7) is 6.14. The van der Waals surface area contributed by atoms with Crippen molar-refractivity contribution in [3.63, 3.8) is 0 Å². The topological polar surface area (TPSA) is 53.0 Å². The standard InChI is InChI=1S/C15H28N2O3/c1-13-4-3-7-17(10-13)14(18)11-16(2)12-15(19)5-8-20-9-6-15/h13,19H,3-12H2,1-2H3. The Kier molecular flexibility index (Phi) is 5.41. The van der Waals surface area contributed by atoms with Crippen molar-refractivity contribution in [2.75, 3.05) is 46.4 Å². The second-order valence-corrected chi connectivity index (χ2v) is 6.60. The second kappa shape index (κ2) is 6.87. The van der Waals surface area contributed by atoms with Crippen LogP contribution in [-0.2, 0) is 9.53 Å². The summed E-state index contributed by atoms with van der Waals surface area (Å²) >= 11 is 0. The van der Waals surface area contributed by atoms with Crippen molar-refractivity contribution < 1.29 is 14.6 Å². The van der Waals surface area contributed by atoms with Crippen molar-refractivity contribution in [2.24, 2.45) is 5.92 Å². The van der Waals surface area contributed by atoms with E-state index in [1.165, 1.54) is 6.42 Å². The van der Waals surface area contributed by atoms with E-state index in [1.54, 1.807) is 0 Å². The van der Waals surface area contributed by atoms with Gasteiger partial charge in [0.05, 0.1) is 12.1 Å². The van der Waals surface area contributed by atoms with Crippen molar-refractivity contribution in [1.82, 2.24) is 9.80 Å². The fourth-order valence-corrected chi connectivity index (χ4v) is 3.21. The van der Waals surface area contributed by atoms with Crippen molar-refractivity contribution in [2.45, 2.75) is 38.2 Å². The lowest BCUT2D eigenvalue weighted by Gasteiger charge is -2.36. The number of aliphatic hydroxyl groups is 1. The van der Waals surface area contributed by atoms with Crippen molar-refractivity contribution in [3.05, 3.63) is 0 Å². The smallest absolute Gasteiger partial charge is 0.236 e. The molecule has 2 aliphatic heterocycles. The Morgan fingerprint density at radius 2 is 2.15 bits per heavy atom. The van der Waals surface area contributed by atoms with Crippen LogP contribution in [0.4, 0.5) is 0 Å². The lowest BCUT2D eigenvalue weighted by atomic mass is 9.94. The molecule has 0 saturated carbocycles. The van der Waals surface area contributed by atoms with E-state index < -0.39 is 5.60 Å². The Hall–Kier alpha value is -0.650. The zero-order valence-electron chi connectivity index (χ0n) is 12.8. The number of ether oxygens (including phenoxy) is 1. The maximum Gasteiger partial charge on any atom is 0.236 e. The van der Waals surface area contributed by atoms with Crippen molar-refractivity contribution >= 4 is 5.91 Å². The quantitative estimate of drug-likeness (QED) is 0.826. The minimum Gasteiger partial charge on any atom is -0.388 e. The molecule has 1 atom stereocenters. The Labute approximate surface area is 121 Å². The maximum atomic E-state index is 12.3. The molecule has 0 aromatic rings. The number of likely N-dealkylation sites (tertiary alicyclic amines) is 1. The average Bonchev–Trinajstić information content (AvgIpc) is 2.38. The molecule has 0 aromatic carbocycles. The number of carbonyl (C=O) groups excluding carboxylic acids is 1. The molecule has 2 rings (SSSR count). The molecule has 1 unspecified atom stereocenters. The summed E-state index contributed by atoms with van der Waals surface area (Å²) in [5.74, 6) is 0.799. The van der Waals surface area contributed by atoms with Gasteiger partial charge in [-0.3, -0.25) is 9.69 Å². The molecule has 0 bridgehead atoms. The molecular weight excluding hydrogens is 256 g/mol. The van der Waals surface area contributed by atoms with Gasteiger partial charge in [-0.05, 0) is 25.8 Å². The highest BCUT2D eigenvalue weighted by Gasteiger charge is 2.32. The molecule has 0 aliphatic carbocycles. The van der Waals surface area contributed by atoms with E-state index in [2.05, 4.69) is 6.92 Å². The predicted octanol–water partition coefficient (Wildman–Crippen LogP) is 0.718. The molecule has 0 aromatic heterocycles. The molecule has 20 heavy (non-hydrogen) atoms. The highest BCUT2D eigenvalue weighted by Crippen LogP contribution is 2.21. The summed E-state index contributed by atoms with van der Waals surface area (Å²) in [5.41, 5.74) is -0.692. The number of rotatable bonds is 4. The first-order valence-electron chi connectivity index (χ1n) is 7.75. The third-order valence-corrected chi connectivity index (χ3v) is 4.40. The molecule has 2 fully saturated rings. The van der Waals surface area contributed by atoms with Gasteiger partial charge in [0.15, 0.2) is 0 Å². The van der Waals surface area contributed by atoms with Crippen LogP contribution in [0.25, 0.3) is 0 Å². The zero-order valence-corrected chi connectivity index (χ0v) is 12.8.